The van der Waals surface area contributed by atoms with Crippen LogP contribution in [0.4, 0.5) is 0 Å². The largest absolute Gasteiger partial charge is 0.491 e. The lowest BCUT2D eigenvalue weighted by Gasteiger charge is -2.37. The second-order valence-electron chi connectivity index (χ2n) is 5.26. The molecule has 1 atom stereocenters. The van der Waals surface area contributed by atoms with Crippen LogP contribution in [-0.4, -0.2) is 39.5 Å². The molecule has 0 aliphatic carbocycles. The number of aliphatic hydroxyl groups is 1. The lowest BCUT2D eigenvalue weighted by Crippen LogP contribution is -2.59. The number of hydrogen-bond donors (Lipinski definition) is 2. The molecule has 0 saturated heterocycles. The predicted molar refractivity (Wildman–Crippen MR) is 75.8 cm³/mol. The zero-order valence-corrected chi connectivity index (χ0v) is 11.5. The fraction of sp³-hybridized carbons (Fsp3) is 0.333. The van der Waals surface area contributed by atoms with Crippen molar-refractivity contribution in [1.29, 1.82) is 0 Å². The maximum absolute atomic E-state index is 12.1. The van der Waals surface area contributed by atoms with Gasteiger partial charge in [0.1, 0.15) is 24.4 Å². The average molecular weight is 287 g/mol. The van der Waals surface area contributed by atoms with Crippen LogP contribution in [0.2, 0.25) is 0 Å². The van der Waals surface area contributed by atoms with Crippen molar-refractivity contribution in [2.45, 2.75) is 18.5 Å². The molecule has 110 valence electrons. The van der Waals surface area contributed by atoms with E-state index in [0.29, 0.717) is 6.42 Å². The Bertz CT molecular complexity index is 627. The van der Waals surface area contributed by atoms with Crippen molar-refractivity contribution < 1.29 is 14.6 Å². The quantitative estimate of drug-likeness (QED) is 0.851. The first-order valence-corrected chi connectivity index (χ1v) is 6.81. The van der Waals surface area contributed by atoms with Crippen molar-refractivity contribution in [3.05, 3.63) is 48.3 Å². The van der Waals surface area contributed by atoms with Gasteiger partial charge in [-0.05, 0) is 17.7 Å². The normalized spacial score (nSPS) is 20.4. The molecule has 1 amide bonds. The van der Waals surface area contributed by atoms with E-state index < -0.39 is 5.54 Å². The molecule has 21 heavy (non-hydrogen) atoms. The van der Waals surface area contributed by atoms with E-state index in [4.69, 9.17) is 4.74 Å². The molecular weight excluding hydrogens is 270 g/mol. The Hall–Kier alpha value is -2.34. The minimum absolute atomic E-state index is 0.121. The third kappa shape index (κ3) is 2.90. The minimum Gasteiger partial charge on any atom is -0.491 e. The number of hydrogen-bond acceptors (Lipinski definition) is 4. The zero-order chi connectivity index (χ0) is 14.7. The molecule has 1 aliphatic rings. The number of ether oxygens (including phenoxy) is 1. The fourth-order valence-electron chi connectivity index (χ4n) is 2.52. The van der Waals surface area contributed by atoms with Gasteiger partial charge in [0, 0.05) is 18.8 Å². The molecule has 2 N–H and O–H groups in total. The number of rotatable bonds is 4. The van der Waals surface area contributed by atoms with E-state index in [2.05, 4.69) is 10.4 Å². The van der Waals surface area contributed by atoms with Crippen LogP contribution in [0.1, 0.15) is 5.56 Å². The number of amides is 1. The molecule has 1 aliphatic heterocycles. The van der Waals surface area contributed by atoms with Crippen molar-refractivity contribution in [2.75, 3.05) is 13.2 Å². The molecule has 2 heterocycles. The van der Waals surface area contributed by atoms with Gasteiger partial charge in [-0.3, -0.25) is 9.48 Å². The van der Waals surface area contributed by atoms with E-state index in [-0.39, 0.29) is 25.7 Å². The number of para-hydroxylation sites is 1. The molecule has 0 bridgehead atoms. The molecule has 2 aromatic rings. The van der Waals surface area contributed by atoms with Crippen LogP contribution >= 0.6 is 0 Å². The predicted octanol–water partition coefficient (Wildman–Crippen LogP) is 0.365. The first-order chi connectivity index (χ1) is 10.2. The monoisotopic (exact) mass is 287 g/mol. The van der Waals surface area contributed by atoms with Crippen LogP contribution in [0, 0.1) is 0 Å². The maximum Gasteiger partial charge on any atom is 0.242 e. The number of nitrogens with zero attached hydrogens (tertiary/aromatic N) is 2. The van der Waals surface area contributed by atoms with Gasteiger partial charge < -0.3 is 15.2 Å². The van der Waals surface area contributed by atoms with Crippen LogP contribution in [0.3, 0.4) is 0 Å². The molecule has 3 rings (SSSR count). The minimum atomic E-state index is -0.779. The topological polar surface area (TPSA) is 76.4 Å². The standard InChI is InChI=1S/C15H17N3O3/c19-10-15(17-14(20)9-18-7-3-6-16-18)8-12-4-1-2-5-13(12)21-11-15/h1-7,19H,8-11H2,(H,17,20)/t15-/m1/s1. The summed E-state index contributed by atoms with van der Waals surface area (Å²) in [5, 5.41) is 16.6. The molecule has 0 radical (unpaired) electrons. The highest BCUT2D eigenvalue weighted by Crippen LogP contribution is 2.29. The summed E-state index contributed by atoms with van der Waals surface area (Å²) in [4.78, 5) is 12.1. The number of carbonyl (C=O) groups is 1. The molecule has 0 saturated carbocycles. The summed E-state index contributed by atoms with van der Waals surface area (Å²) in [7, 11) is 0. The van der Waals surface area contributed by atoms with Gasteiger partial charge in [-0.15, -0.1) is 0 Å². The first-order valence-electron chi connectivity index (χ1n) is 6.81. The second-order valence-corrected chi connectivity index (χ2v) is 5.26. The Morgan fingerprint density at radius 3 is 3.05 bits per heavy atom. The number of carbonyl (C=O) groups excluding carboxylic acids is 1. The molecule has 0 spiro atoms. The Balaban J connectivity index is 1.72. The highest BCUT2D eigenvalue weighted by atomic mass is 16.5. The van der Waals surface area contributed by atoms with Crippen molar-refractivity contribution in [2.24, 2.45) is 0 Å². The summed E-state index contributed by atoms with van der Waals surface area (Å²) in [5.74, 6) is 0.610. The van der Waals surface area contributed by atoms with Crippen molar-refractivity contribution in [3.63, 3.8) is 0 Å². The van der Waals surface area contributed by atoms with E-state index in [1.807, 2.05) is 24.3 Å². The first kappa shape index (κ1) is 13.6. The van der Waals surface area contributed by atoms with E-state index in [1.54, 1.807) is 18.5 Å². The molecule has 6 heteroatoms. The number of benzene rings is 1. The van der Waals surface area contributed by atoms with Gasteiger partial charge in [0.2, 0.25) is 5.91 Å². The van der Waals surface area contributed by atoms with Crippen LogP contribution < -0.4 is 10.1 Å². The third-order valence-corrected chi connectivity index (χ3v) is 3.58. The maximum atomic E-state index is 12.1. The molecule has 1 aromatic heterocycles. The van der Waals surface area contributed by atoms with Crippen LogP contribution in [0.15, 0.2) is 42.7 Å². The average Bonchev–Trinajstić information content (AvgIpc) is 3.00. The molecule has 0 fully saturated rings. The van der Waals surface area contributed by atoms with E-state index >= 15 is 0 Å². The van der Waals surface area contributed by atoms with Gasteiger partial charge >= 0.3 is 0 Å². The zero-order valence-electron chi connectivity index (χ0n) is 11.5. The molecule has 6 nitrogen and oxygen atoms in total. The van der Waals surface area contributed by atoms with E-state index in [1.165, 1.54) is 4.68 Å². The van der Waals surface area contributed by atoms with Gasteiger partial charge in [-0.2, -0.15) is 5.10 Å². The Morgan fingerprint density at radius 1 is 1.43 bits per heavy atom. The summed E-state index contributed by atoms with van der Waals surface area (Å²) < 4.78 is 7.21. The van der Waals surface area contributed by atoms with E-state index in [9.17, 15) is 9.90 Å². The lowest BCUT2D eigenvalue weighted by atomic mass is 9.89. The van der Waals surface area contributed by atoms with Gasteiger partial charge in [-0.1, -0.05) is 18.2 Å². The van der Waals surface area contributed by atoms with Gasteiger partial charge in [0.15, 0.2) is 0 Å². The number of fused-ring (bicyclic) bond motifs is 1. The van der Waals surface area contributed by atoms with Crippen molar-refractivity contribution >= 4 is 5.91 Å². The summed E-state index contributed by atoms with van der Waals surface area (Å²) in [5.41, 5.74) is 0.204. The smallest absolute Gasteiger partial charge is 0.242 e. The third-order valence-electron chi connectivity index (χ3n) is 3.58. The Kier molecular flexibility index (Phi) is 3.62. The summed E-state index contributed by atoms with van der Waals surface area (Å²) in [6.07, 6.45) is 3.89. The number of aromatic nitrogens is 2. The van der Waals surface area contributed by atoms with Crippen molar-refractivity contribution in [3.8, 4) is 5.75 Å². The molecule has 0 unspecified atom stereocenters. The molecular formula is C15H17N3O3. The summed E-state index contributed by atoms with van der Waals surface area (Å²) in [6.45, 7) is 0.202. The number of nitrogens with one attached hydrogen (secondary N) is 1. The molecule has 1 aromatic carbocycles. The summed E-state index contributed by atoms with van der Waals surface area (Å²) in [6, 6.07) is 9.41. The van der Waals surface area contributed by atoms with Crippen molar-refractivity contribution in [1.82, 2.24) is 15.1 Å². The van der Waals surface area contributed by atoms with Crippen LogP contribution in [0.5, 0.6) is 5.75 Å². The van der Waals surface area contributed by atoms with Gasteiger partial charge in [-0.25, -0.2) is 0 Å². The highest BCUT2D eigenvalue weighted by Gasteiger charge is 2.36. The fourth-order valence-corrected chi connectivity index (χ4v) is 2.52. The lowest BCUT2D eigenvalue weighted by molar-refractivity contribution is -0.125. The Labute approximate surface area is 122 Å². The highest BCUT2D eigenvalue weighted by molar-refractivity contribution is 5.76. The van der Waals surface area contributed by atoms with Crippen LogP contribution in [0.25, 0.3) is 0 Å². The summed E-state index contributed by atoms with van der Waals surface area (Å²) >= 11 is 0. The van der Waals surface area contributed by atoms with Gasteiger partial charge in [0.25, 0.3) is 0 Å². The second kappa shape index (κ2) is 5.57. The van der Waals surface area contributed by atoms with Crippen LogP contribution in [-0.2, 0) is 17.8 Å². The Morgan fingerprint density at radius 2 is 2.29 bits per heavy atom. The van der Waals surface area contributed by atoms with Gasteiger partial charge in [0.05, 0.1) is 6.61 Å². The SMILES string of the molecule is O=C(Cn1cccn1)N[C@]1(CO)COc2ccccc2C1. The number of aliphatic hydroxyl groups excluding tert-OH is 1. The van der Waals surface area contributed by atoms with E-state index in [0.717, 1.165) is 11.3 Å².